The van der Waals surface area contributed by atoms with Crippen LogP contribution in [0.25, 0.3) is 0 Å². The van der Waals surface area contributed by atoms with Crippen LogP contribution in [0.2, 0.25) is 0 Å². The van der Waals surface area contributed by atoms with Crippen LogP contribution in [0.5, 0.6) is 0 Å². The summed E-state index contributed by atoms with van der Waals surface area (Å²) in [5.74, 6) is -0.576. The van der Waals surface area contributed by atoms with Gasteiger partial charge in [0.1, 0.15) is 5.82 Å². The number of amides is 1. The SMILES string of the molecule is CC[C@H]1CCCCN1C(=O)c1ccccc1F. The van der Waals surface area contributed by atoms with Crippen molar-refractivity contribution in [2.45, 2.75) is 38.6 Å². The number of halogens is 1. The Morgan fingerprint density at radius 3 is 2.88 bits per heavy atom. The van der Waals surface area contributed by atoms with Crippen LogP contribution in [0.1, 0.15) is 43.0 Å². The summed E-state index contributed by atoms with van der Waals surface area (Å²) in [6.07, 6.45) is 4.17. The lowest BCUT2D eigenvalue weighted by molar-refractivity contribution is 0.0603. The molecule has 1 aliphatic rings. The van der Waals surface area contributed by atoms with Crippen molar-refractivity contribution in [2.75, 3.05) is 6.54 Å². The Bertz CT molecular complexity index is 405. The van der Waals surface area contributed by atoms with E-state index in [9.17, 15) is 9.18 Å². The summed E-state index contributed by atoms with van der Waals surface area (Å²) >= 11 is 0. The molecule has 1 atom stereocenters. The Morgan fingerprint density at radius 1 is 1.41 bits per heavy atom. The van der Waals surface area contributed by atoms with Gasteiger partial charge < -0.3 is 4.90 Å². The fourth-order valence-electron chi connectivity index (χ4n) is 2.48. The van der Waals surface area contributed by atoms with Crippen molar-refractivity contribution < 1.29 is 9.18 Å². The molecule has 1 amide bonds. The van der Waals surface area contributed by atoms with Crippen LogP contribution in [0.15, 0.2) is 24.3 Å². The fourth-order valence-corrected chi connectivity index (χ4v) is 2.48. The first-order chi connectivity index (χ1) is 8.24. The van der Waals surface area contributed by atoms with E-state index in [0.29, 0.717) is 0 Å². The van der Waals surface area contributed by atoms with E-state index in [4.69, 9.17) is 0 Å². The number of likely N-dealkylation sites (tertiary alicyclic amines) is 1. The maximum absolute atomic E-state index is 13.6. The van der Waals surface area contributed by atoms with Crippen molar-refractivity contribution in [3.05, 3.63) is 35.6 Å². The molecule has 1 aliphatic heterocycles. The van der Waals surface area contributed by atoms with Crippen LogP contribution in [0, 0.1) is 5.82 Å². The summed E-state index contributed by atoms with van der Waals surface area (Å²) in [5, 5.41) is 0. The number of carbonyl (C=O) groups excluding carboxylic acids is 1. The molecule has 0 bridgehead atoms. The highest BCUT2D eigenvalue weighted by Gasteiger charge is 2.27. The highest BCUT2D eigenvalue weighted by Crippen LogP contribution is 2.22. The van der Waals surface area contributed by atoms with Crippen LogP contribution in [-0.4, -0.2) is 23.4 Å². The van der Waals surface area contributed by atoms with E-state index >= 15 is 0 Å². The molecule has 1 heterocycles. The van der Waals surface area contributed by atoms with E-state index in [1.807, 2.05) is 4.90 Å². The van der Waals surface area contributed by atoms with Crippen LogP contribution in [-0.2, 0) is 0 Å². The first-order valence-corrected chi connectivity index (χ1v) is 6.29. The highest BCUT2D eigenvalue weighted by atomic mass is 19.1. The Hall–Kier alpha value is -1.38. The molecule has 1 aromatic carbocycles. The molecule has 92 valence electrons. The minimum Gasteiger partial charge on any atom is -0.336 e. The molecule has 0 aliphatic carbocycles. The second kappa shape index (κ2) is 5.30. The van der Waals surface area contributed by atoms with Gasteiger partial charge in [-0.3, -0.25) is 4.79 Å². The largest absolute Gasteiger partial charge is 0.336 e. The zero-order valence-electron chi connectivity index (χ0n) is 10.2. The van der Waals surface area contributed by atoms with E-state index in [0.717, 1.165) is 25.8 Å². The molecule has 0 spiro atoms. The lowest BCUT2D eigenvalue weighted by atomic mass is 9.99. The highest BCUT2D eigenvalue weighted by molar-refractivity contribution is 5.94. The molecule has 17 heavy (non-hydrogen) atoms. The summed E-state index contributed by atoms with van der Waals surface area (Å²) in [5.41, 5.74) is 0.202. The third kappa shape index (κ3) is 2.48. The first-order valence-electron chi connectivity index (χ1n) is 6.29. The molecule has 3 heteroatoms. The smallest absolute Gasteiger partial charge is 0.257 e. The number of rotatable bonds is 2. The summed E-state index contributed by atoms with van der Waals surface area (Å²) in [7, 11) is 0. The molecule has 0 unspecified atom stereocenters. The van der Waals surface area contributed by atoms with Crippen LogP contribution in [0.3, 0.4) is 0 Å². The second-order valence-corrected chi connectivity index (χ2v) is 4.54. The van der Waals surface area contributed by atoms with Crippen molar-refractivity contribution in [1.82, 2.24) is 4.90 Å². The number of hydrogen-bond acceptors (Lipinski definition) is 1. The number of carbonyl (C=O) groups is 1. The minimum absolute atomic E-state index is 0.158. The van der Waals surface area contributed by atoms with Gasteiger partial charge in [-0.05, 0) is 37.8 Å². The topological polar surface area (TPSA) is 20.3 Å². The molecule has 0 aromatic heterocycles. The Kier molecular flexibility index (Phi) is 3.77. The van der Waals surface area contributed by atoms with Gasteiger partial charge in [0, 0.05) is 12.6 Å². The van der Waals surface area contributed by atoms with Crippen molar-refractivity contribution in [1.29, 1.82) is 0 Å². The average Bonchev–Trinajstić information content (AvgIpc) is 2.38. The van der Waals surface area contributed by atoms with Crippen LogP contribution >= 0.6 is 0 Å². The molecule has 0 saturated carbocycles. The molecule has 0 N–H and O–H groups in total. The Morgan fingerprint density at radius 2 is 2.18 bits per heavy atom. The van der Waals surface area contributed by atoms with Gasteiger partial charge in [-0.2, -0.15) is 0 Å². The van der Waals surface area contributed by atoms with Gasteiger partial charge in [0.15, 0.2) is 0 Å². The van der Waals surface area contributed by atoms with Crippen molar-refractivity contribution in [2.24, 2.45) is 0 Å². The molecule has 2 nitrogen and oxygen atoms in total. The number of benzene rings is 1. The molecule has 2 rings (SSSR count). The Labute approximate surface area is 101 Å². The normalized spacial score (nSPS) is 20.4. The number of hydrogen-bond donors (Lipinski definition) is 0. The molecule has 0 radical (unpaired) electrons. The molecule has 1 fully saturated rings. The van der Waals surface area contributed by atoms with Crippen molar-refractivity contribution in [3.63, 3.8) is 0 Å². The second-order valence-electron chi connectivity index (χ2n) is 4.54. The van der Waals surface area contributed by atoms with Gasteiger partial charge in [-0.25, -0.2) is 4.39 Å². The maximum Gasteiger partial charge on any atom is 0.257 e. The van der Waals surface area contributed by atoms with Gasteiger partial charge in [0.2, 0.25) is 0 Å². The first kappa shape index (κ1) is 12.1. The van der Waals surface area contributed by atoms with E-state index in [2.05, 4.69) is 6.92 Å². The minimum atomic E-state index is -0.419. The third-order valence-electron chi connectivity index (χ3n) is 3.46. The predicted octanol–water partition coefficient (Wildman–Crippen LogP) is 3.23. The van der Waals surface area contributed by atoms with Crippen LogP contribution < -0.4 is 0 Å². The average molecular weight is 235 g/mol. The fraction of sp³-hybridized carbons (Fsp3) is 0.500. The number of piperidine rings is 1. The molecule has 1 aromatic rings. The lowest BCUT2D eigenvalue weighted by Gasteiger charge is -2.35. The van der Waals surface area contributed by atoms with E-state index < -0.39 is 5.82 Å². The summed E-state index contributed by atoms with van der Waals surface area (Å²) in [4.78, 5) is 14.1. The summed E-state index contributed by atoms with van der Waals surface area (Å²) in [6, 6.07) is 6.51. The summed E-state index contributed by atoms with van der Waals surface area (Å²) < 4.78 is 13.6. The zero-order valence-corrected chi connectivity index (χ0v) is 10.2. The maximum atomic E-state index is 13.6. The van der Waals surface area contributed by atoms with Gasteiger partial charge in [-0.15, -0.1) is 0 Å². The quantitative estimate of drug-likeness (QED) is 0.770. The van der Waals surface area contributed by atoms with Gasteiger partial charge in [-0.1, -0.05) is 19.1 Å². The lowest BCUT2D eigenvalue weighted by Crippen LogP contribution is -2.43. The predicted molar refractivity (Wildman–Crippen MR) is 65.4 cm³/mol. The molecular formula is C14H18FNO. The van der Waals surface area contributed by atoms with Crippen LogP contribution in [0.4, 0.5) is 4.39 Å². The van der Waals surface area contributed by atoms with Gasteiger partial charge in [0.05, 0.1) is 5.56 Å². The van der Waals surface area contributed by atoms with Gasteiger partial charge >= 0.3 is 0 Å². The van der Waals surface area contributed by atoms with Crippen molar-refractivity contribution >= 4 is 5.91 Å². The zero-order chi connectivity index (χ0) is 12.3. The van der Waals surface area contributed by atoms with E-state index in [1.54, 1.807) is 18.2 Å². The molecular weight excluding hydrogens is 217 g/mol. The van der Waals surface area contributed by atoms with E-state index in [1.165, 1.54) is 12.5 Å². The van der Waals surface area contributed by atoms with Gasteiger partial charge in [0.25, 0.3) is 5.91 Å². The van der Waals surface area contributed by atoms with Crippen molar-refractivity contribution in [3.8, 4) is 0 Å². The number of nitrogens with zero attached hydrogens (tertiary/aromatic N) is 1. The third-order valence-corrected chi connectivity index (χ3v) is 3.46. The van der Waals surface area contributed by atoms with E-state index in [-0.39, 0.29) is 17.5 Å². The standard InChI is InChI=1S/C14H18FNO/c1-2-11-7-5-6-10-16(11)14(17)12-8-3-4-9-13(12)15/h3-4,8-9,11H,2,5-7,10H2,1H3/t11-/m0/s1. The Balaban J connectivity index is 2.21. The monoisotopic (exact) mass is 235 g/mol. The molecule has 1 saturated heterocycles. The summed E-state index contributed by atoms with van der Waals surface area (Å²) in [6.45, 7) is 2.84.